The van der Waals surface area contributed by atoms with E-state index in [1.54, 1.807) is 0 Å². The second-order valence-corrected chi connectivity index (χ2v) is 11.4. The van der Waals surface area contributed by atoms with E-state index in [9.17, 15) is 15.0 Å². The first kappa shape index (κ1) is 20.7. The van der Waals surface area contributed by atoms with E-state index in [0.717, 1.165) is 32.1 Å². The molecule has 0 aromatic heterocycles. The van der Waals surface area contributed by atoms with Crippen molar-refractivity contribution in [3.8, 4) is 0 Å². The van der Waals surface area contributed by atoms with E-state index in [1.807, 2.05) is 0 Å². The lowest BCUT2D eigenvalue weighted by atomic mass is 9.44. The van der Waals surface area contributed by atoms with Crippen molar-refractivity contribution in [3.63, 3.8) is 0 Å². The van der Waals surface area contributed by atoms with Gasteiger partial charge in [0.15, 0.2) is 0 Å². The Morgan fingerprint density at radius 2 is 1.64 bits per heavy atom. The summed E-state index contributed by atoms with van der Waals surface area (Å²) < 4.78 is 0. The fourth-order valence-corrected chi connectivity index (χ4v) is 8.81. The van der Waals surface area contributed by atoms with E-state index in [0.29, 0.717) is 35.0 Å². The van der Waals surface area contributed by atoms with Crippen molar-refractivity contribution in [1.82, 2.24) is 0 Å². The molecule has 0 aliphatic heterocycles. The van der Waals surface area contributed by atoms with Crippen molar-refractivity contribution in [2.75, 3.05) is 0 Å². The molecule has 0 aromatic rings. The molecule has 0 amide bonds. The quantitative estimate of drug-likeness (QED) is 0.659. The molecule has 4 aliphatic carbocycles. The lowest BCUT2D eigenvalue weighted by Gasteiger charge is -2.62. The molecule has 4 heteroatoms. The molecular formula is C24H40O4. The predicted molar refractivity (Wildman–Crippen MR) is 109 cm³/mol. The summed E-state index contributed by atoms with van der Waals surface area (Å²) in [6.07, 6.45) is 9.16. The van der Waals surface area contributed by atoms with Gasteiger partial charge in [0.25, 0.3) is 0 Å². The molecule has 10 atom stereocenters. The van der Waals surface area contributed by atoms with Gasteiger partial charge in [-0.05, 0) is 104 Å². The maximum atomic E-state index is 11.1. The molecule has 0 spiro atoms. The van der Waals surface area contributed by atoms with E-state index in [4.69, 9.17) is 5.11 Å². The van der Waals surface area contributed by atoms with Gasteiger partial charge in [0.1, 0.15) is 0 Å². The van der Waals surface area contributed by atoms with Crippen LogP contribution in [0.3, 0.4) is 0 Å². The fourth-order valence-electron chi connectivity index (χ4n) is 8.81. The SMILES string of the molecule is C[C@H](CCC(=O)O)C1CC[C@@H]2[C@H]3C[C@H](O)[C@H]4C[C@H](O)CC[C@]4(C)[C@@H]3CC[C@@]12C. The van der Waals surface area contributed by atoms with Gasteiger partial charge in [0.05, 0.1) is 12.2 Å². The minimum absolute atomic E-state index is 0.176. The van der Waals surface area contributed by atoms with E-state index in [-0.39, 0.29) is 30.0 Å². The molecule has 4 rings (SSSR count). The van der Waals surface area contributed by atoms with E-state index in [2.05, 4.69) is 20.8 Å². The van der Waals surface area contributed by atoms with Crippen molar-refractivity contribution in [2.45, 2.75) is 97.2 Å². The third kappa shape index (κ3) is 3.14. The Kier molecular flexibility index (Phi) is 5.36. The summed E-state index contributed by atoms with van der Waals surface area (Å²) in [4.78, 5) is 11.1. The monoisotopic (exact) mass is 392 g/mol. The topological polar surface area (TPSA) is 77.8 Å². The fraction of sp³-hybridized carbons (Fsp3) is 0.958. The molecule has 0 bridgehead atoms. The lowest BCUT2D eigenvalue weighted by molar-refractivity contribution is -0.172. The Hall–Kier alpha value is -0.610. The molecule has 4 aliphatic rings. The Labute approximate surface area is 170 Å². The molecule has 0 aromatic carbocycles. The molecule has 3 N–H and O–H groups in total. The number of carboxylic acids is 1. The highest BCUT2D eigenvalue weighted by molar-refractivity contribution is 5.66. The largest absolute Gasteiger partial charge is 0.481 e. The van der Waals surface area contributed by atoms with Crippen molar-refractivity contribution >= 4 is 5.97 Å². The Balaban J connectivity index is 1.55. The first-order chi connectivity index (χ1) is 13.2. The molecule has 1 unspecified atom stereocenters. The van der Waals surface area contributed by atoms with Crippen LogP contribution in [0.2, 0.25) is 0 Å². The lowest BCUT2D eigenvalue weighted by Crippen LogP contribution is -2.58. The maximum absolute atomic E-state index is 11.1. The summed E-state index contributed by atoms with van der Waals surface area (Å²) in [6, 6.07) is 0. The smallest absolute Gasteiger partial charge is 0.303 e. The van der Waals surface area contributed by atoms with Crippen LogP contribution in [0.5, 0.6) is 0 Å². The van der Waals surface area contributed by atoms with Crippen LogP contribution in [-0.2, 0) is 4.79 Å². The summed E-state index contributed by atoms with van der Waals surface area (Å²) in [5.41, 5.74) is 0.478. The van der Waals surface area contributed by atoms with Crippen molar-refractivity contribution in [1.29, 1.82) is 0 Å². The van der Waals surface area contributed by atoms with Crippen LogP contribution in [-0.4, -0.2) is 33.5 Å². The second-order valence-electron chi connectivity index (χ2n) is 11.4. The Bertz CT molecular complexity index is 605. The highest BCUT2D eigenvalue weighted by atomic mass is 16.4. The number of aliphatic hydroxyl groups excluding tert-OH is 2. The summed E-state index contributed by atoms with van der Waals surface area (Å²) in [7, 11) is 0. The summed E-state index contributed by atoms with van der Waals surface area (Å²) in [5, 5.41) is 30.4. The minimum Gasteiger partial charge on any atom is -0.481 e. The second kappa shape index (κ2) is 7.27. The Morgan fingerprint density at radius 1 is 0.964 bits per heavy atom. The highest BCUT2D eigenvalue weighted by Crippen LogP contribution is 2.68. The number of rotatable bonds is 4. The summed E-state index contributed by atoms with van der Waals surface area (Å²) in [5.74, 6) is 2.61. The van der Waals surface area contributed by atoms with Gasteiger partial charge in [-0.15, -0.1) is 0 Å². The van der Waals surface area contributed by atoms with Gasteiger partial charge < -0.3 is 15.3 Å². The minimum atomic E-state index is -0.677. The van der Waals surface area contributed by atoms with Crippen LogP contribution >= 0.6 is 0 Å². The van der Waals surface area contributed by atoms with Gasteiger partial charge in [-0.3, -0.25) is 4.79 Å². The standard InChI is InChI=1S/C24H40O4/c1-14(4-7-22(27)28)17-5-6-18-16-13-21(26)20-12-15(25)8-10-24(20,3)19(16)9-11-23(17,18)2/h14-21,25-26H,4-13H2,1-3H3,(H,27,28)/t14-,15-,16-,17?,18-,19-,20-,21+,23+,24-/m1/s1. The van der Waals surface area contributed by atoms with Crippen LogP contribution < -0.4 is 0 Å². The zero-order valence-electron chi connectivity index (χ0n) is 17.9. The third-order valence-electron chi connectivity index (χ3n) is 10.2. The third-order valence-corrected chi connectivity index (χ3v) is 10.2. The van der Waals surface area contributed by atoms with Gasteiger partial charge in [-0.2, -0.15) is 0 Å². The van der Waals surface area contributed by atoms with Crippen molar-refractivity contribution in [3.05, 3.63) is 0 Å². The van der Waals surface area contributed by atoms with Gasteiger partial charge in [-0.1, -0.05) is 20.8 Å². The van der Waals surface area contributed by atoms with Gasteiger partial charge >= 0.3 is 5.97 Å². The molecular weight excluding hydrogens is 352 g/mol. The van der Waals surface area contributed by atoms with Crippen molar-refractivity contribution < 1.29 is 20.1 Å². The summed E-state index contributed by atoms with van der Waals surface area (Å²) in [6.45, 7) is 7.16. The first-order valence-corrected chi connectivity index (χ1v) is 11.7. The number of fused-ring (bicyclic) bond motifs is 5. The van der Waals surface area contributed by atoms with Crippen LogP contribution in [0.25, 0.3) is 0 Å². The van der Waals surface area contributed by atoms with Crippen molar-refractivity contribution in [2.24, 2.45) is 46.3 Å². The normalized spacial score (nSPS) is 51.7. The van der Waals surface area contributed by atoms with Gasteiger partial charge in [-0.25, -0.2) is 0 Å². The van der Waals surface area contributed by atoms with E-state index >= 15 is 0 Å². The van der Waals surface area contributed by atoms with Crippen LogP contribution in [0.4, 0.5) is 0 Å². The molecule has 28 heavy (non-hydrogen) atoms. The summed E-state index contributed by atoms with van der Waals surface area (Å²) >= 11 is 0. The molecule has 0 radical (unpaired) electrons. The average molecular weight is 393 g/mol. The molecule has 0 saturated heterocycles. The number of hydrogen-bond donors (Lipinski definition) is 3. The maximum Gasteiger partial charge on any atom is 0.303 e. The zero-order chi connectivity index (χ0) is 20.3. The highest BCUT2D eigenvalue weighted by Gasteiger charge is 2.62. The zero-order valence-corrected chi connectivity index (χ0v) is 17.9. The number of carbonyl (C=O) groups is 1. The van der Waals surface area contributed by atoms with Crippen LogP contribution in [0, 0.1) is 46.3 Å². The number of aliphatic hydroxyl groups is 2. The molecule has 160 valence electrons. The molecule has 4 saturated carbocycles. The predicted octanol–water partition coefficient (Wildman–Crippen LogP) is 4.48. The van der Waals surface area contributed by atoms with Gasteiger partial charge in [0, 0.05) is 6.42 Å². The van der Waals surface area contributed by atoms with Gasteiger partial charge in [0.2, 0.25) is 0 Å². The Morgan fingerprint density at radius 3 is 2.36 bits per heavy atom. The first-order valence-electron chi connectivity index (χ1n) is 11.7. The number of hydrogen-bond acceptors (Lipinski definition) is 3. The van der Waals surface area contributed by atoms with Crippen LogP contribution in [0.1, 0.15) is 85.0 Å². The van der Waals surface area contributed by atoms with E-state index in [1.165, 1.54) is 25.7 Å². The van der Waals surface area contributed by atoms with E-state index < -0.39 is 5.97 Å². The molecule has 0 heterocycles. The molecule has 4 fully saturated rings. The number of carboxylic acid groups (broad SMARTS) is 1. The molecule has 4 nitrogen and oxygen atoms in total. The average Bonchev–Trinajstić information content (AvgIpc) is 2.99. The van der Waals surface area contributed by atoms with Crippen LogP contribution in [0.15, 0.2) is 0 Å². The number of aliphatic carboxylic acids is 1.